The van der Waals surface area contributed by atoms with E-state index < -0.39 is 18.5 Å². The Labute approximate surface area is 194 Å². The molecule has 3 aromatic rings. The monoisotopic (exact) mass is 471 g/mol. The fraction of sp³-hybridized carbons (Fsp3) is 0.385. The molecule has 1 saturated heterocycles. The van der Waals surface area contributed by atoms with Crippen LogP contribution in [-0.2, 0) is 11.2 Å². The lowest BCUT2D eigenvalue weighted by Crippen LogP contribution is -2.34. The number of benzene rings is 2. The summed E-state index contributed by atoms with van der Waals surface area (Å²) in [5.41, 5.74) is 4.37. The van der Waals surface area contributed by atoms with Gasteiger partial charge in [-0.1, -0.05) is 23.8 Å². The second-order valence-corrected chi connectivity index (χ2v) is 9.15. The van der Waals surface area contributed by atoms with Gasteiger partial charge in [-0.3, -0.25) is 5.10 Å². The van der Waals surface area contributed by atoms with Gasteiger partial charge in [-0.25, -0.2) is 0 Å². The first kappa shape index (κ1) is 22.6. The molecule has 34 heavy (non-hydrogen) atoms. The molecule has 4 nitrogen and oxygen atoms in total. The van der Waals surface area contributed by atoms with Crippen molar-refractivity contribution in [1.29, 1.82) is 0 Å². The highest BCUT2D eigenvalue weighted by Crippen LogP contribution is 2.42. The van der Waals surface area contributed by atoms with E-state index in [-0.39, 0.29) is 5.92 Å². The van der Waals surface area contributed by atoms with Crippen LogP contribution in [0, 0.1) is 11.9 Å². The number of hydrogen-bond acceptors (Lipinski definition) is 3. The summed E-state index contributed by atoms with van der Waals surface area (Å²) in [6.07, 6.45) is -1.43. The lowest BCUT2D eigenvalue weighted by Gasteiger charge is -2.31. The third-order valence-electron chi connectivity index (χ3n) is 6.98. The van der Waals surface area contributed by atoms with Crippen molar-refractivity contribution in [3.63, 3.8) is 0 Å². The molecule has 8 heteroatoms. The second-order valence-electron chi connectivity index (χ2n) is 9.15. The summed E-state index contributed by atoms with van der Waals surface area (Å²) in [4.78, 5) is 13.2. The number of nitrogens with zero attached hydrogens (tertiary/aromatic N) is 2. The average molecular weight is 471 g/mol. The SMILES string of the molecule is O=CC1CCN(c2ccc(C3=C(CC(F)(F)F)CCCc4c3ccc3n[nH]c(F)c43)cc2)CC1. The summed E-state index contributed by atoms with van der Waals surface area (Å²) >= 11 is 0. The topological polar surface area (TPSA) is 49.0 Å². The van der Waals surface area contributed by atoms with Crippen molar-refractivity contribution in [2.45, 2.75) is 44.7 Å². The Balaban J connectivity index is 1.58. The number of fused-ring (bicyclic) bond motifs is 3. The van der Waals surface area contributed by atoms with Crippen molar-refractivity contribution in [3.8, 4) is 0 Å². The molecular formula is C26H25F4N3O. The molecule has 2 aliphatic rings. The molecule has 0 unspecified atom stereocenters. The van der Waals surface area contributed by atoms with E-state index in [1.165, 1.54) is 0 Å². The molecule has 5 rings (SSSR count). The Kier molecular flexibility index (Phi) is 5.91. The van der Waals surface area contributed by atoms with Crippen LogP contribution >= 0.6 is 0 Å². The van der Waals surface area contributed by atoms with E-state index in [2.05, 4.69) is 15.1 Å². The van der Waals surface area contributed by atoms with Crippen LogP contribution in [-0.4, -0.2) is 35.7 Å². The van der Waals surface area contributed by atoms with Gasteiger partial charge in [0.25, 0.3) is 0 Å². The van der Waals surface area contributed by atoms with Crippen LogP contribution in [0.25, 0.3) is 16.5 Å². The first-order valence-electron chi connectivity index (χ1n) is 11.6. The molecule has 2 heterocycles. The van der Waals surface area contributed by atoms with Crippen molar-refractivity contribution >= 4 is 28.4 Å². The van der Waals surface area contributed by atoms with Crippen LogP contribution in [0.3, 0.4) is 0 Å². The lowest BCUT2D eigenvalue weighted by atomic mass is 9.88. The fourth-order valence-corrected chi connectivity index (χ4v) is 5.34. The molecule has 178 valence electrons. The number of alkyl halides is 3. The number of H-pyrrole nitrogens is 1. The summed E-state index contributed by atoms with van der Waals surface area (Å²) in [5, 5.41) is 6.71. The number of allylic oxidation sites excluding steroid dienone is 1. The maximum atomic E-state index is 14.5. The van der Waals surface area contributed by atoms with Crippen molar-refractivity contribution in [2.75, 3.05) is 18.0 Å². The third-order valence-corrected chi connectivity index (χ3v) is 6.98. The van der Waals surface area contributed by atoms with Crippen LogP contribution in [0.4, 0.5) is 23.2 Å². The molecule has 1 aliphatic carbocycles. The van der Waals surface area contributed by atoms with Gasteiger partial charge in [-0.2, -0.15) is 22.7 Å². The molecule has 1 fully saturated rings. The maximum absolute atomic E-state index is 14.5. The largest absolute Gasteiger partial charge is 0.392 e. The number of aromatic nitrogens is 2. The Morgan fingerprint density at radius 2 is 1.79 bits per heavy atom. The predicted molar refractivity (Wildman–Crippen MR) is 123 cm³/mol. The van der Waals surface area contributed by atoms with Gasteiger partial charge in [-0.05, 0) is 72.6 Å². The molecule has 0 amide bonds. The summed E-state index contributed by atoms with van der Waals surface area (Å²) in [6, 6.07) is 11.0. The van der Waals surface area contributed by atoms with Gasteiger partial charge in [0.2, 0.25) is 5.95 Å². The molecule has 0 saturated carbocycles. The van der Waals surface area contributed by atoms with Crippen molar-refractivity contribution in [1.82, 2.24) is 10.2 Å². The Morgan fingerprint density at radius 3 is 2.47 bits per heavy atom. The van der Waals surface area contributed by atoms with Gasteiger partial charge in [0, 0.05) is 24.7 Å². The van der Waals surface area contributed by atoms with Crippen molar-refractivity contribution in [2.24, 2.45) is 5.92 Å². The van der Waals surface area contributed by atoms with Crippen LogP contribution in [0.15, 0.2) is 42.0 Å². The molecule has 1 aromatic heterocycles. The van der Waals surface area contributed by atoms with Crippen LogP contribution in [0.1, 0.15) is 48.8 Å². The van der Waals surface area contributed by atoms with Crippen molar-refractivity contribution in [3.05, 3.63) is 64.6 Å². The van der Waals surface area contributed by atoms with Gasteiger partial charge >= 0.3 is 6.18 Å². The Bertz CT molecular complexity index is 1240. The molecule has 1 aliphatic heterocycles. The van der Waals surface area contributed by atoms with E-state index in [1.807, 2.05) is 24.3 Å². The summed E-state index contributed by atoms with van der Waals surface area (Å²) < 4.78 is 55.1. The number of carbonyl (C=O) groups excluding carboxylic acids is 1. The Hall–Kier alpha value is -3.16. The molecule has 2 aromatic carbocycles. The van der Waals surface area contributed by atoms with Crippen LogP contribution in [0.2, 0.25) is 0 Å². The minimum atomic E-state index is -4.33. The number of hydrogen-bond donors (Lipinski definition) is 1. The number of aromatic amines is 1. The smallest absolute Gasteiger partial charge is 0.371 e. The number of halogens is 4. The fourth-order valence-electron chi connectivity index (χ4n) is 5.34. The first-order chi connectivity index (χ1) is 16.3. The van der Waals surface area contributed by atoms with E-state index in [4.69, 9.17) is 0 Å². The van der Waals surface area contributed by atoms with Crippen LogP contribution in [0.5, 0.6) is 0 Å². The highest BCUT2D eigenvalue weighted by molar-refractivity contribution is 5.93. The summed E-state index contributed by atoms with van der Waals surface area (Å²) in [5.74, 6) is -0.465. The van der Waals surface area contributed by atoms with E-state index in [0.29, 0.717) is 58.0 Å². The molecule has 0 spiro atoms. The molecule has 1 N–H and O–H groups in total. The average Bonchev–Trinajstić information content (AvgIpc) is 3.11. The van der Waals surface area contributed by atoms with E-state index >= 15 is 0 Å². The number of carbonyl (C=O) groups is 1. The van der Waals surface area contributed by atoms with Gasteiger partial charge < -0.3 is 9.69 Å². The normalized spacial score (nSPS) is 17.7. The molecular weight excluding hydrogens is 446 g/mol. The molecule has 0 bridgehead atoms. The van der Waals surface area contributed by atoms with Crippen molar-refractivity contribution < 1.29 is 22.4 Å². The first-order valence-corrected chi connectivity index (χ1v) is 11.6. The predicted octanol–water partition coefficient (Wildman–Crippen LogP) is 6.21. The quantitative estimate of drug-likeness (QED) is 0.364. The second kappa shape index (κ2) is 8.89. The zero-order chi connectivity index (χ0) is 23.9. The molecule has 0 radical (unpaired) electrons. The summed E-state index contributed by atoms with van der Waals surface area (Å²) in [7, 11) is 0. The number of rotatable bonds is 4. The highest BCUT2D eigenvalue weighted by Gasteiger charge is 2.32. The van der Waals surface area contributed by atoms with E-state index in [0.717, 1.165) is 37.9 Å². The van der Waals surface area contributed by atoms with Crippen LogP contribution < -0.4 is 4.90 Å². The lowest BCUT2D eigenvalue weighted by molar-refractivity contribution is -0.127. The number of nitrogens with one attached hydrogen (secondary N) is 1. The van der Waals surface area contributed by atoms with E-state index in [9.17, 15) is 22.4 Å². The number of aryl methyl sites for hydroxylation is 1. The minimum absolute atomic E-state index is 0.0910. The highest BCUT2D eigenvalue weighted by atomic mass is 19.4. The zero-order valence-corrected chi connectivity index (χ0v) is 18.6. The van der Waals surface area contributed by atoms with Gasteiger partial charge in [0.1, 0.15) is 6.29 Å². The van der Waals surface area contributed by atoms with Gasteiger partial charge in [-0.15, -0.1) is 0 Å². The van der Waals surface area contributed by atoms with Gasteiger partial charge in [0.05, 0.1) is 17.3 Å². The standard InChI is InChI=1S/C26H25F4N3O/c27-25-24-20-3-1-2-18(14-26(28,29)30)23(21(20)8-9-22(24)31-32-25)17-4-6-19(7-5-17)33-12-10-16(15-34)11-13-33/h4-9,15-16H,1-3,10-14H2,(H,31,32). The maximum Gasteiger partial charge on any atom is 0.392 e. The minimum Gasteiger partial charge on any atom is -0.371 e. The Morgan fingerprint density at radius 1 is 1.06 bits per heavy atom. The van der Waals surface area contributed by atoms with E-state index in [1.54, 1.807) is 12.1 Å². The number of aldehydes is 1. The third kappa shape index (κ3) is 4.33. The number of piperidine rings is 1. The molecule has 0 atom stereocenters. The zero-order valence-electron chi connectivity index (χ0n) is 18.6. The summed E-state index contributed by atoms with van der Waals surface area (Å²) in [6.45, 7) is 1.54. The van der Waals surface area contributed by atoms with Gasteiger partial charge in [0.15, 0.2) is 0 Å². The number of anilines is 1.